The Hall–Kier alpha value is -2.89. The molecule has 0 spiro atoms. The first-order valence-electron chi connectivity index (χ1n) is 8.42. The highest BCUT2D eigenvalue weighted by Gasteiger charge is 2.22. The third-order valence-corrected chi connectivity index (χ3v) is 4.73. The van der Waals surface area contributed by atoms with Gasteiger partial charge in [-0.2, -0.15) is 0 Å². The molecule has 1 atom stereocenters. The van der Waals surface area contributed by atoms with Gasteiger partial charge in [0.25, 0.3) is 11.6 Å². The van der Waals surface area contributed by atoms with Crippen LogP contribution in [0.15, 0.2) is 42.5 Å². The van der Waals surface area contributed by atoms with Gasteiger partial charge in [0.1, 0.15) is 0 Å². The van der Waals surface area contributed by atoms with E-state index in [4.69, 9.17) is 0 Å². The van der Waals surface area contributed by atoms with Crippen molar-refractivity contribution in [3.63, 3.8) is 0 Å². The maximum Gasteiger partial charge on any atom is 0.270 e. The lowest BCUT2D eigenvalue weighted by molar-refractivity contribution is -0.384. The normalized spacial score (nSPS) is 16.0. The van der Waals surface area contributed by atoms with Gasteiger partial charge in [-0.1, -0.05) is 24.3 Å². The van der Waals surface area contributed by atoms with Crippen molar-refractivity contribution in [2.45, 2.75) is 25.2 Å². The first-order chi connectivity index (χ1) is 12.1. The predicted molar refractivity (Wildman–Crippen MR) is 97.1 cm³/mol. The number of nitrogens with one attached hydrogen (secondary N) is 2. The predicted octanol–water partition coefficient (Wildman–Crippen LogP) is 3.49. The van der Waals surface area contributed by atoms with Crippen LogP contribution >= 0.6 is 0 Å². The lowest BCUT2D eigenvalue weighted by atomic mass is 9.83. The molecule has 0 bridgehead atoms. The Morgan fingerprint density at radius 1 is 1.28 bits per heavy atom. The van der Waals surface area contributed by atoms with Gasteiger partial charge in [0.15, 0.2) is 0 Å². The summed E-state index contributed by atoms with van der Waals surface area (Å²) in [6.45, 7) is 0.529. The monoisotopic (exact) mass is 339 g/mol. The SMILES string of the molecule is CNc1ccc([N+](=O)[O-])cc1C(=O)NCC1CCCc2ccccc21. The van der Waals surface area contributed by atoms with E-state index in [2.05, 4.69) is 22.8 Å². The van der Waals surface area contributed by atoms with Gasteiger partial charge in [-0.3, -0.25) is 14.9 Å². The molecule has 0 fully saturated rings. The topological polar surface area (TPSA) is 84.3 Å². The number of amides is 1. The van der Waals surface area contributed by atoms with Crippen molar-refractivity contribution in [1.29, 1.82) is 0 Å². The van der Waals surface area contributed by atoms with Gasteiger partial charge in [-0.25, -0.2) is 0 Å². The van der Waals surface area contributed by atoms with Crippen molar-refractivity contribution in [2.75, 3.05) is 18.9 Å². The molecule has 1 unspecified atom stereocenters. The van der Waals surface area contributed by atoms with Gasteiger partial charge in [0, 0.05) is 37.3 Å². The van der Waals surface area contributed by atoms with E-state index in [1.165, 1.54) is 23.3 Å². The summed E-state index contributed by atoms with van der Waals surface area (Å²) in [7, 11) is 1.69. The number of rotatable bonds is 5. The number of carbonyl (C=O) groups excluding carboxylic acids is 1. The third kappa shape index (κ3) is 3.63. The van der Waals surface area contributed by atoms with E-state index >= 15 is 0 Å². The summed E-state index contributed by atoms with van der Waals surface area (Å²) in [4.78, 5) is 23.1. The largest absolute Gasteiger partial charge is 0.387 e. The maximum absolute atomic E-state index is 12.6. The molecular weight excluding hydrogens is 318 g/mol. The molecule has 0 heterocycles. The van der Waals surface area contributed by atoms with Crippen LogP contribution in [0.1, 0.15) is 40.2 Å². The second kappa shape index (κ2) is 7.34. The quantitative estimate of drug-likeness (QED) is 0.645. The first kappa shape index (κ1) is 17.0. The minimum absolute atomic E-state index is 0.0906. The number of nitro benzene ring substituents is 1. The average Bonchev–Trinajstić information content (AvgIpc) is 2.65. The molecule has 6 heteroatoms. The number of fused-ring (bicyclic) bond motifs is 1. The molecular formula is C19H21N3O3. The highest BCUT2D eigenvalue weighted by atomic mass is 16.6. The molecule has 0 saturated carbocycles. The van der Waals surface area contributed by atoms with Crippen LogP contribution in [0.5, 0.6) is 0 Å². The van der Waals surface area contributed by atoms with Crippen LogP contribution in [0.3, 0.4) is 0 Å². The number of non-ortho nitro benzene ring substituents is 1. The van der Waals surface area contributed by atoms with Crippen LogP contribution in [0.2, 0.25) is 0 Å². The fourth-order valence-electron chi connectivity index (χ4n) is 3.43. The molecule has 0 aliphatic heterocycles. The van der Waals surface area contributed by atoms with Crippen LogP contribution in [0, 0.1) is 10.1 Å². The Labute approximate surface area is 146 Å². The number of carbonyl (C=O) groups is 1. The highest BCUT2D eigenvalue weighted by molar-refractivity contribution is 6.00. The lowest BCUT2D eigenvalue weighted by Gasteiger charge is -2.25. The third-order valence-electron chi connectivity index (χ3n) is 4.73. The molecule has 2 aromatic carbocycles. The fourth-order valence-corrected chi connectivity index (χ4v) is 3.43. The summed E-state index contributed by atoms with van der Waals surface area (Å²) in [5.41, 5.74) is 3.42. The fraction of sp³-hybridized carbons (Fsp3) is 0.316. The Kier molecular flexibility index (Phi) is 4.97. The Bertz CT molecular complexity index is 804. The lowest BCUT2D eigenvalue weighted by Crippen LogP contribution is -2.30. The van der Waals surface area contributed by atoms with Crippen LogP contribution in [-0.2, 0) is 6.42 Å². The molecule has 1 aliphatic carbocycles. The van der Waals surface area contributed by atoms with E-state index in [0.29, 0.717) is 17.8 Å². The van der Waals surface area contributed by atoms with Gasteiger partial charge >= 0.3 is 0 Å². The summed E-state index contributed by atoms with van der Waals surface area (Å²) >= 11 is 0. The molecule has 2 aromatic rings. The van der Waals surface area contributed by atoms with Crippen molar-refractivity contribution in [2.24, 2.45) is 0 Å². The summed E-state index contributed by atoms with van der Waals surface area (Å²) < 4.78 is 0. The number of anilines is 1. The number of benzene rings is 2. The van der Waals surface area contributed by atoms with Crippen LogP contribution < -0.4 is 10.6 Å². The van der Waals surface area contributed by atoms with Crippen LogP contribution in [-0.4, -0.2) is 24.4 Å². The molecule has 0 radical (unpaired) electrons. The average molecular weight is 339 g/mol. The standard InChI is InChI=1S/C19H21N3O3/c1-20-18-10-9-15(22(24)25)11-17(18)19(23)21-12-14-7-4-6-13-5-2-3-8-16(13)14/h2-3,5,8-11,14,20H,4,6-7,12H2,1H3,(H,21,23). The molecule has 2 N–H and O–H groups in total. The molecule has 1 amide bonds. The minimum Gasteiger partial charge on any atom is -0.387 e. The van der Waals surface area contributed by atoms with Gasteiger partial charge in [0.2, 0.25) is 0 Å². The number of aryl methyl sites for hydroxylation is 1. The van der Waals surface area contributed by atoms with Gasteiger partial charge in [-0.05, 0) is 36.5 Å². The van der Waals surface area contributed by atoms with Crippen molar-refractivity contribution in [3.8, 4) is 0 Å². The van der Waals surface area contributed by atoms with Crippen LogP contribution in [0.25, 0.3) is 0 Å². The smallest absolute Gasteiger partial charge is 0.270 e. The maximum atomic E-state index is 12.6. The van der Waals surface area contributed by atoms with Gasteiger partial charge in [0.05, 0.1) is 10.5 Å². The Balaban J connectivity index is 1.75. The summed E-state index contributed by atoms with van der Waals surface area (Å²) in [5.74, 6) is -0.0123. The second-order valence-electron chi connectivity index (χ2n) is 6.23. The number of hydrogen-bond donors (Lipinski definition) is 2. The summed E-state index contributed by atoms with van der Waals surface area (Å²) in [6.07, 6.45) is 3.22. The van der Waals surface area contributed by atoms with Crippen molar-refractivity contribution in [1.82, 2.24) is 5.32 Å². The highest BCUT2D eigenvalue weighted by Crippen LogP contribution is 2.31. The zero-order valence-electron chi connectivity index (χ0n) is 14.1. The zero-order valence-corrected chi connectivity index (χ0v) is 14.1. The van der Waals surface area contributed by atoms with E-state index in [-0.39, 0.29) is 17.5 Å². The van der Waals surface area contributed by atoms with Crippen molar-refractivity contribution in [3.05, 3.63) is 69.3 Å². The van der Waals surface area contributed by atoms with E-state index in [1.807, 2.05) is 12.1 Å². The molecule has 3 rings (SSSR count). The number of hydrogen-bond acceptors (Lipinski definition) is 4. The number of nitro groups is 1. The van der Waals surface area contributed by atoms with Gasteiger partial charge < -0.3 is 10.6 Å². The van der Waals surface area contributed by atoms with E-state index in [1.54, 1.807) is 13.1 Å². The minimum atomic E-state index is -0.492. The summed E-state index contributed by atoms with van der Waals surface area (Å²) in [5, 5.41) is 16.8. The second-order valence-corrected chi connectivity index (χ2v) is 6.23. The summed E-state index contributed by atoms with van der Waals surface area (Å²) in [6, 6.07) is 12.6. The Morgan fingerprint density at radius 3 is 2.84 bits per heavy atom. The zero-order chi connectivity index (χ0) is 17.8. The molecule has 6 nitrogen and oxygen atoms in total. The van der Waals surface area contributed by atoms with Crippen molar-refractivity contribution >= 4 is 17.3 Å². The first-order valence-corrected chi connectivity index (χ1v) is 8.42. The van der Waals surface area contributed by atoms with Crippen molar-refractivity contribution < 1.29 is 9.72 Å². The Morgan fingerprint density at radius 2 is 2.08 bits per heavy atom. The molecule has 0 saturated heterocycles. The molecule has 25 heavy (non-hydrogen) atoms. The molecule has 0 aromatic heterocycles. The van der Waals surface area contributed by atoms with E-state index in [0.717, 1.165) is 19.3 Å². The molecule has 1 aliphatic rings. The van der Waals surface area contributed by atoms with Gasteiger partial charge in [-0.15, -0.1) is 0 Å². The van der Waals surface area contributed by atoms with E-state index in [9.17, 15) is 14.9 Å². The number of nitrogens with zero attached hydrogens (tertiary/aromatic N) is 1. The molecule has 130 valence electrons. The van der Waals surface area contributed by atoms with E-state index < -0.39 is 4.92 Å². The van der Waals surface area contributed by atoms with Crippen LogP contribution in [0.4, 0.5) is 11.4 Å².